The normalized spacial score (nSPS) is 14.2. The smallest absolute Gasteiger partial charge is 0.310 e. The van der Waals surface area contributed by atoms with Gasteiger partial charge in [-0.25, -0.2) is 0 Å². The minimum absolute atomic E-state index is 0.156. The summed E-state index contributed by atoms with van der Waals surface area (Å²) in [4.78, 5) is 26.8. The monoisotopic (exact) mass is 409 g/mol. The van der Waals surface area contributed by atoms with E-state index in [1.807, 2.05) is 24.3 Å². The fourth-order valence-corrected chi connectivity index (χ4v) is 4.68. The molecule has 2 heterocycles. The molecule has 5 nitrogen and oxygen atoms in total. The lowest BCUT2D eigenvalue weighted by atomic mass is 9.97. The molecular weight excluding hydrogens is 386 g/mol. The number of amides is 1. The molecule has 1 aliphatic rings. The second kappa shape index (κ2) is 8.76. The van der Waals surface area contributed by atoms with E-state index in [0.29, 0.717) is 24.5 Å². The molecule has 0 spiro atoms. The third-order valence-electron chi connectivity index (χ3n) is 5.19. The van der Waals surface area contributed by atoms with Crippen LogP contribution in [0.3, 0.4) is 0 Å². The molecule has 29 heavy (non-hydrogen) atoms. The highest BCUT2D eigenvalue weighted by molar-refractivity contribution is 7.14. The summed E-state index contributed by atoms with van der Waals surface area (Å²) in [5.74, 6) is -0.919. The van der Waals surface area contributed by atoms with Crippen molar-refractivity contribution in [3.8, 4) is 0 Å². The Bertz CT molecular complexity index is 1020. The van der Waals surface area contributed by atoms with Crippen molar-refractivity contribution < 1.29 is 19.1 Å². The lowest BCUT2D eigenvalue weighted by molar-refractivity contribution is -0.145. The average molecular weight is 410 g/mol. The zero-order valence-corrected chi connectivity index (χ0v) is 17.1. The molecule has 1 unspecified atom stereocenters. The molecule has 4 rings (SSSR count). The second-order valence-electron chi connectivity index (χ2n) is 7.18. The van der Waals surface area contributed by atoms with Gasteiger partial charge in [0.2, 0.25) is 0 Å². The first-order valence-corrected chi connectivity index (χ1v) is 10.5. The van der Waals surface area contributed by atoms with Gasteiger partial charge in [0.25, 0.3) is 5.91 Å². The largest absolute Gasteiger partial charge is 0.469 e. The summed E-state index contributed by atoms with van der Waals surface area (Å²) < 4.78 is 10.4. The molecule has 0 saturated carbocycles. The minimum Gasteiger partial charge on any atom is -0.469 e. The van der Waals surface area contributed by atoms with Gasteiger partial charge in [-0.2, -0.15) is 0 Å². The van der Waals surface area contributed by atoms with E-state index in [-0.39, 0.29) is 18.4 Å². The first kappa shape index (κ1) is 19.6. The van der Waals surface area contributed by atoms with Gasteiger partial charge in [-0.1, -0.05) is 42.5 Å². The fourth-order valence-electron chi connectivity index (χ4n) is 3.62. The number of benzene rings is 2. The number of nitrogens with one attached hydrogen (secondary N) is 1. The van der Waals surface area contributed by atoms with Gasteiger partial charge in [-0.15, -0.1) is 11.3 Å². The van der Waals surface area contributed by atoms with Crippen molar-refractivity contribution in [1.82, 2.24) is 5.32 Å². The highest BCUT2D eigenvalue weighted by Crippen LogP contribution is 2.27. The summed E-state index contributed by atoms with van der Waals surface area (Å²) in [6.45, 7) is 1.49. The van der Waals surface area contributed by atoms with Crippen LogP contribution in [-0.4, -0.2) is 32.1 Å². The summed E-state index contributed by atoms with van der Waals surface area (Å²) in [5.41, 5.74) is 2.13. The quantitative estimate of drug-likeness (QED) is 0.630. The van der Waals surface area contributed by atoms with E-state index < -0.39 is 5.92 Å². The van der Waals surface area contributed by atoms with Crippen LogP contribution >= 0.6 is 11.3 Å². The van der Waals surface area contributed by atoms with E-state index in [2.05, 4.69) is 29.6 Å². The van der Waals surface area contributed by atoms with Crippen molar-refractivity contribution in [2.45, 2.75) is 19.4 Å². The fraction of sp³-hybridized carbons (Fsp3) is 0.304. The summed E-state index contributed by atoms with van der Waals surface area (Å²) in [5, 5.41) is 5.20. The van der Waals surface area contributed by atoms with Gasteiger partial charge < -0.3 is 14.8 Å². The van der Waals surface area contributed by atoms with E-state index in [4.69, 9.17) is 9.47 Å². The van der Waals surface area contributed by atoms with Gasteiger partial charge in [0.15, 0.2) is 0 Å². The molecule has 0 fully saturated rings. The maximum atomic E-state index is 12.6. The Kier molecular flexibility index (Phi) is 5.92. The molecule has 2 aromatic carbocycles. The average Bonchev–Trinajstić information content (AvgIpc) is 3.20. The van der Waals surface area contributed by atoms with Crippen LogP contribution in [0.25, 0.3) is 10.8 Å². The van der Waals surface area contributed by atoms with Crippen molar-refractivity contribution in [3.05, 3.63) is 69.4 Å². The van der Waals surface area contributed by atoms with Crippen LogP contribution in [0.15, 0.2) is 48.5 Å². The van der Waals surface area contributed by atoms with Crippen LogP contribution in [0.4, 0.5) is 0 Å². The Morgan fingerprint density at radius 3 is 2.79 bits per heavy atom. The van der Waals surface area contributed by atoms with Gasteiger partial charge in [0, 0.05) is 17.8 Å². The molecule has 150 valence electrons. The van der Waals surface area contributed by atoms with E-state index in [0.717, 1.165) is 28.3 Å². The summed E-state index contributed by atoms with van der Waals surface area (Å²) >= 11 is 1.51. The van der Waals surface area contributed by atoms with Crippen molar-refractivity contribution in [2.75, 3.05) is 20.3 Å². The first-order valence-electron chi connectivity index (χ1n) is 9.67. The van der Waals surface area contributed by atoms with E-state index in [1.54, 1.807) is 0 Å². The Hall–Kier alpha value is -2.70. The predicted octanol–water partition coefficient (Wildman–Crippen LogP) is 3.74. The number of carbonyl (C=O) groups is 2. The van der Waals surface area contributed by atoms with Crippen LogP contribution in [-0.2, 0) is 33.7 Å². The number of hydrogen-bond donors (Lipinski definition) is 1. The molecule has 1 aromatic heterocycles. The SMILES string of the molecule is COC(=O)C(CNC(=O)c1cc2c(s1)CCOC2)Cc1ccc2ccccc2c1. The Labute approximate surface area is 173 Å². The second-order valence-corrected chi connectivity index (χ2v) is 8.31. The van der Waals surface area contributed by atoms with Crippen LogP contribution in [0.2, 0.25) is 0 Å². The van der Waals surface area contributed by atoms with Gasteiger partial charge >= 0.3 is 5.97 Å². The van der Waals surface area contributed by atoms with Crippen molar-refractivity contribution >= 4 is 34.0 Å². The number of carbonyl (C=O) groups excluding carboxylic acids is 2. The van der Waals surface area contributed by atoms with E-state index in [1.165, 1.54) is 23.3 Å². The van der Waals surface area contributed by atoms with Crippen molar-refractivity contribution in [2.24, 2.45) is 5.92 Å². The topological polar surface area (TPSA) is 64.6 Å². The number of hydrogen-bond acceptors (Lipinski definition) is 5. The number of methoxy groups -OCH3 is 1. The van der Waals surface area contributed by atoms with Crippen LogP contribution in [0.1, 0.15) is 25.7 Å². The third kappa shape index (κ3) is 4.49. The van der Waals surface area contributed by atoms with Crippen molar-refractivity contribution in [1.29, 1.82) is 0 Å². The minimum atomic E-state index is -0.442. The number of esters is 1. The Morgan fingerprint density at radius 1 is 1.17 bits per heavy atom. The molecular formula is C23H23NO4S. The number of fused-ring (bicyclic) bond motifs is 2. The van der Waals surface area contributed by atoms with Gasteiger partial charge in [0.05, 0.1) is 31.1 Å². The molecule has 1 N–H and O–H groups in total. The highest BCUT2D eigenvalue weighted by Gasteiger charge is 2.23. The lowest BCUT2D eigenvalue weighted by Crippen LogP contribution is -2.34. The van der Waals surface area contributed by atoms with E-state index in [9.17, 15) is 9.59 Å². The predicted molar refractivity (Wildman–Crippen MR) is 113 cm³/mol. The van der Waals surface area contributed by atoms with Crippen LogP contribution in [0, 0.1) is 5.92 Å². The molecule has 1 aliphatic heterocycles. The Balaban J connectivity index is 1.44. The summed E-state index contributed by atoms with van der Waals surface area (Å²) in [6, 6.07) is 16.2. The molecule has 3 aromatic rings. The molecule has 0 aliphatic carbocycles. The first-order chi connectivity index (χ1) is 14.1. The number of rotatable bonds is 6. The molecule has 1 atom stereocenters. The van der Waals surface area contributed by atoms with Crippen LogP contribution in [0.5, 0.6) is 0 Å². The maximum absolute atomic E-state index is 12.6. The molecule has 1 amide bonds. The third-order valence-corrected chi connectivity index (χ3v) is 6.43. The van der Waals surface area contributed by atoms with Gasteiger partial charge in [0.1, 0.15) is 0 Å². The summed E-state index contributed by atoms with van der Waals surface area (Å²) in [6.07, 6.45) is 1.35. The Morgan fingerprint density at radius 2 is 2.00 bits per heavy atom. The van der Waals surface area contributed by atoms with E-state index >= 15 is 0 Å². The summed E-state index contributed by atoms with van der Waals surface area (Å²) in [7, 11) is 1.38. The standard InChI is InChI=1S/C23H23NO4S/c1-27-23(26)18(11-15-6-7-16-4-2-3-5-17(16)10-15)13-24-22(25)21-12-19-14-28-9-8-20(19)29-21/h2-7,10,12,18H,8-9,11,13-14H2,1H3,(H,24,25). The molecule has 0 radical (unpaired) electrons. The van der Waals surface area contributed by atoms with Gasteiger partial charge in [-0.3, -0.25) is 9.59 Å². The van der Waals surface area contributed by atoms with Crippen molar-refractivity contribution in [3.63, 3.8) is 0 Å². The maximum Gasteiger partial charge on any atom is 0.310 e. The number of thiophene rings is 1. The zero-order chi connectivity index (χ0) is 20.2. The molecule has 0 saturated heterocycles. The molecule has 6 heteroatoms. The molecule has 0 bridgehead atoms. The highest BCUT2D eigenvalue weighted by atomic mass is 32.1. The zero-order valence-electron chi connectivity index (χ0n) is 16.3. The van der Waals surface area contributed by atoms with Crippen LogP contribution < -0.4 is 5.32 Å². The number of ether oxygens (including phenoxy) is 2. The lowest BCUT2D eigenvalue weighted by Gasteiger charge is -2.16. The van der Waals surface area contributed by atoms with Gasteiger partial charge in [-0.05, 0) is 34.4 Å².